The Morgan fingerprint density at radius 2 is 2.18 bits per heavy atom. The number of aliphatic carboxylic acids is 1. The Bertz CT molecular complexity index is 302. The highest BCUT2D eigenvalue weighted by Gasteiger charge is 2.30. The quantitative estimate of drug-likeness (QED) is 0.732. The number of amides is 1. The Labute approximate surface area is 101 Å². The summed E-state index contributed by atoms with van der Waals surface area (Å²) >= 11 is 0. The number of hydrogen-bond donors (Lipinski definition) is 2. The zero-order chi connectivity index (χ0) is 12.3. The summed E-state index contributed by atoms with van der Waals surface area (Å²) in [4.78, 5) is 24.4. The lowest BCUT2D eigenvalue weighted by atomic mass is 10.1. The van der Waals surface area contributed by atoms with Gasteiger partial charge in [-0.3, -0.25) is 14.5 Å². The molecule has 0 radical (unpaired) electrons. The molecule has 2 rings (SSSR count). The molecule has 1 unspecified atom stereocenters. The molecule has 96 valence electrons. The second kappa shape index (κ2) is 5.49. The van der Waals surface area contributed by atoms with Crippen LogP contribution in [0.4, 0.5) is 0 Å². The van der Waals surface area contributed by atoms with Crippen LogP contribution < -0.4 is 5.32 Å². The van der Waals surface area contributed by atoms with Crippen LogP contribution in [0.3, 0.4) is 0 Å². The fraction of sp³-hybridized carbons (Fsp3) is 0.833. The molecule has 1 heterocycles. The predicted molar refractivity (Wildman–Crippen MR) is 62.6 cm³/mol. The third-order valence-corrected chi connectivity index (χ3v) is 3.50. The summed E-state index contributed by atoms with van der Waals surface area (Å²) in [6.45, 7) is 1.62. The molecule has 0 spiro atoms. The van der Waals surface area contributed by atoms with Gasteiger partial charge in [0.2, 0.25) is 5.91 Å². The lowest BCUT2D eigenvalue weighted by Crippen LogP contribution is -2.41. The minimum atomic E-state index is -0.796. The van der Waals surface area contributed by atoms with E-state index in [0.717, 1.165) is 25.9 Å². The number of hydrogen-bond acceptors (Lipinski definition) is 3. The maximum atomic E-state index is 11.5. The van der Waals surface area contributed by atoms with E-state index >= 15 is 0 Å². The number of rotatable bonds is 5. The molecule has 0 aromatic heterocycles. The Hall–Kier alpha value is -1.10. The van der Waals surface area contributed by atoms with Crippen molar-refractivity contribution in [2.45, 2.75) is 38.1 Å². The molecule has 1 atom stereocenters. The van der Waals surface area contributed by atoms with Gasteiger partial charge in [0.15, 0.2) is 0 Å². The Morgan fingerprint density at radius 3 is 2.82 bits per heavy atom. The molecule has 1 saturated heterocycles. The predicted octanol–water partition coefficient (Wildman–Crippen LogP) is 0.452. The molecule has 0 aromatic carbocycles. The van der Waals surface area contributed by atoms with Gasteiger partial charge in [0.25, 0.3) is 0 Å². The van der Waals surface area contributed by atoms with E-state index in [0.29, 0.717) is 12.3 Å². The van der Waals surface area contributed by atoms with Crippen molar-refractivity contribution in [3.63, 3.8) is 0 Å². The maximum absolute atomic E-state index is 11.5. The van der Waals surface area contributed by atoms with Crippen LogP contribution in [0.25, 0.3) is 0 Å². The van der Waals surface area contributed by atoms with Crippen LogP contribution >= 0.6 is 0 Å². The molecule has 0 aromatic rings. The topological polar surface area (TPSA) is 69.6 Å². The van der Waals surface area contributed by atoms with E-state index in [9.17, 15) is 9.59 Å². The third kappa shape index (κ3) is 4.00. The van der Waals surface area contributed by atoms with Gasteiger partial charge in [0.05, 0.1) is 6.54 Å². The molecule has 17 heavy (non-hydrogen) atoms. The summed E-state index contributed by atoms with van der Waals surface area (Å²) < 4.78 is 0. The second-order valence-corrected chi connectivity index (χ2v) is 5.12. The van der Waals surface area contributed by atoms with E-state index in [-0.39, 0.29) is 18.5 Å². The van der Waals surface area contributed by atoms with Crippen molar-refractivity contribution in [2.24, 2.45) is 5.92 Å². The first kappa shape index (κ1) is 12.4. The maximum Gasteiger partial charge on any atom is 0.317 e. The third-order valence-electron chi connectivity index (χ3n) is 3.50. The van der Waals surface area contributed by atoms with Crippen LogP contribution in [0.5, 0.6) is 0 Å². The van der Waals surface area contributed by atoms with E-state index in [1.54, 1.807) is 0 Å². The van der Waals surface area contributed by atoms with Gasteiger partial charge in [-0.2, -0.15) is 0 Å². The van der Waals surface area contributed by atoms with E-state index in [1.807, 2.05) is 4.90 Å². The summed E-state index contributed by atoms with van der Waals surface area (Å²) in [6, 6.07) is 0.106. The molecule has 2 aliphatic rings. The standard InChI is InChI=1S/C12H20N2O3/c15-11-6-10(2-1-5-13-11)14(8-12(16)17)7-9-3-4-9/h9-10H,1-8H2,(H,13,15)(H,16,17). The molecule has 1 aliphatic heterocycles. The van der Waals surface area contributed by atoms with Crippen LogP contribution in [0.15, 0.2) is 0 Å². The average molecular weight is 240 g/mol. The van der Waals surface area contributed by atoms with E-state index in [4.69, 9.17) is 5.11 Å². The molecule has 5 heteroatoms. The second-order valence-electron chi connectivity index (χ2n) is 5.12. The van der Waals surface area contributed by atoms with Gasteiger partial charge in [0, 0.05) is 25.6 Å². The van der Waals surface area contributed by atoms with Gasteiger partial charge in [-0.05, 0) is 31.6 Å². The molecule has 2 fully saturated rings. The van der Waals surface area contributed by atoms with Crippen LogP contribution in [0.2, 0.25) is 0 Å². The first-order valence-electron chi connectivity index (χ1n) is 6.37. The van der Waals surface area contributed by atoms with Crippen molar-refractivity contribution in [1.82, 2.24) is 10.2 Å². The summed E-state index contributed by atoms with van der Waals surface area (Å²) in [5.41, 5.74) is 0. The zero-order valence-electron chi connectivity index (χ0n) is 10.0. The number of nitrogens with one attached hydrogen (secondary N) is 1. The summed E-state index contributed by atoms with van der Waals surface area (Å²) in [6.07, 6.45) is 4.71. The molecule has 2 N–H and O–H groups in total. The Kier molecular flexibility index (Phi) is 3.99. The fourth-order valence-electron chi connectivity index (χ4n) is 2.41. The largest absolute Gasteiger partial charge is 0.480 e. The van der Waals surface area contributed by atoms with Gasteiger partial charge < -0.3 is 10.4 Å². The minimum Gasteiger partial charge on any atom is -0.480 e. The van der Waals surface area contributed by atoms with Crippen molar-refractivity contribution in [3.05, 3.63) is 0 Å². The van der Waals surface area contributed by atoms with Gasteiger partial charge >= 0.3 is 5.97 Å². The Morgan fingerprint density at radius 1 is 1.41 bits per heavy atom. The number of carboxylic acids is 1. The first-order chi connectivity index (χ1) is 8.15. The van der Waals surface area contributed by atoms with Crippen LogP contribution in [0.1, 0.15) is 32.1 Å². The highest BCUT2D eigenvalue weighted by Crippen LogP contribution is 2.31. The summed E-state index contributed by atoms with van der Waals surface area (Å²) in [5.74, 6) is -0.0883. The highest BCUT2D eigenvalue weighted by molar-refractivity contribution is 5.77. The molecule has 1 aliphatic carbocycles. The molecule has 1 saturated carbocycles. The smallest absolute Gasteiger partial charge is 0.317 e. The monoisotopic (exact) mass is 240 g/mol. The highest BCUT2D eigenvalue weighted by atomic mass is 16.4. The van der Waals surface area contributed by atoms with Crippen molar-refractivity contribution in [1.29, 1.82) is 0 Å². The zero-order valence-corrected chi connectivity index (χ0v) is 10.0. The van der Waals surface area contributed by atoms with E-state index in [1.165, 1.54) is 12.8 Å². The van der Waals surface area contributed by atoms with Crippen LogP contribution in [0, 0.1) is 5.92 Å². The first-order valence-corrected chi connectivity index (χ1v) is 6.37. The molecule has 1 amide bonds. The van der Waals surface area contributed by atoms with Crippen molar-refractivity contribution < 1.29 is 14.7 Å². The summed E-state index contributed by atoms with van der Waals surface area (Å²) in [5, 5.41) is 11.8. The fourth-order valence-corrected chi connectivity index (χ4v) is 2.41. The van der Waals surface area contributed by atoms with Gasteiger partial charge in [0.1, 0.15) is 0 Å². The lowest BCUT2D eigenvalue weighted by molar-refractivity contribution is -0.139. The van der Waals surface area contributed by atoms with E-state index in [2.05, 4.69) is 5.32 Å². The van der Waals surface area contributed by atoms with Crippen molar-refractivity contribution in [3.8, 4) is 0 Å². The normalized spacial score (nSPS) is 25.5. The SMILES string of the molecule is O=C(O)CN(CC1CC1)C1CCCNC(=O)C1. The Balaban J connectivity index is 1.95. The van der Waals surface area contributed by atoms with Crippen molar-refractivity contribution >= 4 is 11.9 Å². The van der Waals surface area contributed by atoms with Crippen LogP contribution in [-0.4, -0.2) is 47.6 Å². The van der Waals surface area contributed by atoms with Crippen LogP contribution in [-0.2, 0) is 9.59 Å². The number of carboxylic acid groups (broad SMARTS) is 1. The number of carbonyl (C=O) groups excluding carboxylic acids is 1. The van der Waals surface area contributed by atoms with E-state index < -0.39 is 5.97 Å². The lowest BCUT2D eigenvalue weighted by Gasteiger charge is -2.28. The van der Waals surface area contributed by atoms with Crippen molar-refractivity contribution in [2.75, 3.05) is 19.6 Å². The minimum absolute atomic E-state index is 0.0543. The number of nitrogens with zero attached hydrogens (tertiary/aromatic N) is 1. The molecular formula is C12H20N2O3. The van der Waals surface area contributed by atoms with Gasteiger partial charge in [-0.25, -0.2) is 0 Å². The average Bonchev–Trinajstić information content (AvgIpc) is 3.04. The number of carbonyl (C=O) groups is 2. The molecular weight excluding hydrogens is 220 g/mol. The van der Waals surface area contributed by atoms with Gasteiger partial charge in [-0.15, -0.1) is 0 Å². The molecule has 0 bridgehead atoms. The summed E-state index contributed by atoms with van der Waals surface area (Å²) in [7, 11) is 0. The molecule has 5 nitrogen and oxygen atoms in total. The van der Waals surface area contributed by atoms with Gasteiger partial charge in [-0.1, -0.05) is 0 Å².